The van der Waals surface area contributed by atoms with E-state index in [1.54, 1.807) is 20.3 Å². The molecule has 0 saturated heterocycles. The third-order valence-corrected chi connectivity index (χ3v) is 9.01. The molecule has 2 atom stereocenters. The lowest BCUT2D eigenvalue weighted by Crippen LogP contribution is -2.34. The van der Waals surface area contributed by atoms with Crippen molar-refractivity contribution >= 4 is 0 Å². The Morgan fingerprint density at radius 1 is 0.814 bits per heavy atom. The first-order valence-corrected chi connectivity index (χ1v) is 14.8. The number of hydrogen-bond acceptors (Lipinski definition) is 8. The highest BCUT2D eigenvalue weighted by atomic mass is 16.5. The molecule has 0 spiro atoms. The number of benzene rings is 4. The molecule has 43 heavy (non-hydrogen) atoms. The molecule has 3 N–H and O–H groups in total. The van der Waals surface area contributed by atoms with Crippen molar-refractivity contribution in [2.45, 2.75) is 37.8 Å². The molecule has 0 aromatic heterocycles. The van der Waals surface area contributed by atoms with E-state index in [4.69, 9.17) is 18.9 Å². The standard InChI is InChI=1S/C35H36N2O6/c1-37-13-11-23-18-32(41-3)34(39)35-33(23)27(37)15-20-4-7-24(8-5-20)42-29-16-21(6-9-28(29)38)14-26-25-19-31(43-35)30(40-2)17-22(25)10-12-36-26/h4-9,16-19,26-27,36,38-39H,10-15H2,1-3H3/t26-,27+/m1/s1. The average Bonchev–Trinajstić information content (AvgIpc) is 3.01. The van der Waals surface area contributed by atoms with Crippen molar-refractivity contribution in [3.8, 4) is 46.0 Å². The van der Waals surface area contributed by atoms with Gasteiger partial charge in [0.1, 0.15) is 5.75 Å². The van der Waals surface area contributed by atoms with Gasteiger partial charge < -0.3 is 34.5 Å². The van der Waals surface area contributed by atoms with Crippen LogP contribution in [0.3, 0.4) is 0 Å². The fraction of sp³-hybridized carbons (Fsp3) is 0.314. The summed E-state index contributed by atoms with van der Waals surface area (Å²) in [6.45, 7) is 1.68. The van der Waals surface area contributed by atoms with Crippen molar-refractivity contribution in [3.63, 3.8) is 0 Å². The van der Waals surface area contributed by atoms with Gasteiger partial charge in [-0.25, -0.2) is 0 Å². The molecule has 0 saturated carbocycles. The van der Waals surface area contributed by atoms with Crippen LogP contribution in [-0.2, 0) is 25.7 Å². The third kappa shape index (κ3) is 5.00. The quantitative estimate of drug-likeness (QED) is 0.258. The van der Waals surface area contributed by atoms with Gasteiger partial charge in [-0.1, -0.05) is 18.2 Å². The second-order valence-electron chi connectivity index (χ2n) is 11.6. The Morgan fingerprint density at radius 2 is 1.58 bits per heavy atom. The number of fused-ring (bicyclic) bond motifs is 2. The van der Waals surface area contributed by atoms with Crippen molar-refractivity contribution in [1.29, 1.82) is 0 Å². The van der Waals surface area contributed by atoms with Crippen LogP contribution in [-0.4, -0.2) is 49.5 Å². The molecule has 0 fully saturated rings. The molecule has 6 bridgehead atoms. The van der Waals surface area contributed by atoms with E-state index in [0.717, 1.165) is 53.7 Å². The van der Waals surface area contributed by atoms with Gasteiger partial charge in [0.25, 0.3) is 0 Å². The Hall–Kier alpha value is -4.40. The van der Waals surface area contributed by atoms with Crippen LogP contribution in [0.1, 0.15) is 45.5 Å². The molecule has 8 rings (SSSR count). The normalized spacial score (nSPS) is 19.3. The maximum absolute atomic E-state index is 11.5. The Bertz CT molecular complexity index is 1690. The molecular formula is C35H36N2O6. The van der Waals surface area contributed by atoms with Crippen molar-refractivity contribution in [1.82, 2.24) is 10.2 Å². The highest BCUT2D eigenvalue weighted by Crippen LogP contribution is 2.51. The zero-order chi connectivity index (χ0) is 29.7. The van der Waals surface area contributed by atoms with E-state index in [2.05, 4.69) is 23.3 Å². The fourth-order valence-electron chi connectivity index (χ4n) is 6.68. The van der Waals surface area contributed by atoms with Crippen LogP contribution >= 0.6 is 0 Å². The summed E-state index contributed by atoms with van der Waals surface area (Å²) in [4.78, 5) is 2.30. The number of rotatable bonds is 2. The zero-order valence-electron chi connectivity index (χ0n) is 24.6. The van der Waals surface area contributed by atoms with E-state index in [-0.39, 0.29) is 23.6 Å². The summed E-state index contributed by atoms with van der Waals surface area (Å²) in [5, 5.41) is 25.8. The largest absolute Gasteiger partial charge is 0.504 e. The van der Waals surface area contributed by atoms with Gasteiger partial charge in [0, 0.05) is 24.2 Å². The molecule has 4 aromatic rings. The Morgan fingerprint density at radius 3 is 2.37 bits per heavy atom. The molecule has 0 unspecified atom stereocenters. The second-order valence-corrected chi connectivity index (χ2v) is 11.6. The predicted molar refractivity (Wildman–Crippen MR) is 163 cm³/mol. The molecule has 0 radical (unpaired) electrons. The lowest BCUT2D eigenvalue weighted by atomic mass is 9.87. The number of nitrogens with one attached hydrogen (secondary N) is 1. The van der Waals surface area contributed by atoms with Crippen LogP contribution in [0.15, 0.2) is 60.7 Å². The summed E-state index contributed by atoms with van der Waals surface area (Å²) in [7, 11) is 5.31. The van der Waals surface area contributed by atoms with Gasteiger partial charge in [0.15, 0.2) is 34.5 Å². The van der Waals surface area contributed by atoms with Crippen molar-refractivity contribution in [2.75, 3.05) is 34.4 Å². The number of phenolic OH excluding ortho intramolecular Hbond substituents is 2. The summed E-state index contributed by atoms with van der Waals surface area (Å²) >= 11 is 0. The molecule has 8 nitrogen and oxygen atoms in total. The minimum atomic E-state index is -0.0556. The van der Waals surface area contributed by atoms with E-state index in [9.17, 15) is 10.2 Å². The number of phenols is 2. The molecule has 4 aromatic carbocycles. The van der Waals surface area contributed by atoms with Gasteiger partial charge in [-0.15, -0.1) is 0 Å². The number of hydrogen-bond donors (Lipinski definition) is 3. The van der Waals surface area contributed by atoms with Gasteiger partial charge in [0.05, 0.1) is 14.2 Å². The lowest BCUT2D eigenvalue weighted by Gasteiger charge is -2.36. The van der Waals surface area contributed by atoms with Crippen LogP contribution in [0.2, 0.25) is 0 Å². The topological polar surface area (TPSA) is 92.7 Å². The van der Waals surface area contributed by atoms with Crippen LogP contribution < -0.4 is 24.3 Å². The number of methoxy groups -OCH3 is 2. The number of nitrogens with zero attached hydrogens (tertiary/aromatic N) is 1. The number of aromatic hydroxyl groups is 2. The maximum Gasteiger partial charge on any atom is 0.201 e. The minimum absolute atomic E-state index is 0.000677. The summed E-state index contributed by atoms with van der Waals surface area (Å²) in [6.07, 6.45) is 3.03. The Kier molecular flexibility index (Phi) is 7.03. The molecule has 4 heterocycles. The Labute approximate surface area is 251 Å². The number of likely N-dealkylation sites (N-methyl/N-ethyl adjacent to an activating group) is 1. The first-order chi connectivity index (χ1) is 20.9. The lowest BCUT2D eigenvalue weighted by molar-refractivity contribution is 0.221. The first kappa shape index (κ1) is 27.4. The second kappa shape index (κ2) is 11.0. The molecule has 4 aliphatic heterocycles. The summed E-state index contributed by atoms with van der Waals surface area (Å²) in [6, 6.07) is 19.4. The highest BCUT2D eigenvalue weighted by Gasteiger charge is 2.33. The Balaban J connectivity index is 1.44. The van der Waals surface area contributed by atoms with Gasteiger partial charge in [-0.2, -0.15) is 0 Å². The molecule has 0 aliphatic carbocycles. The smallest absolute Gasteiger partial charge is 0.201 e. The summed E-state index contributed by atoms with van der Waals surface area (Å²) in [5.74, 6) is 3.09. The highest BCUT2D eigenvalue weighted by molar-refractivity contribution is 5.63. The van der Waals surface area contributed by atoms with E-state index < -0.39 is 0 Å². The van der Waals surface area contributed by atoms with Crippen LogP contribution in [0.25, 0.3) is 0 Å². The SMILES string of the molecule is COc1cc2c3cc1Oc1c(O)c(OC)cc4c1[C@H](Cc1ccc(cc1)Oc1cc(ccc1O)C[C@H]3NCC2)N(C)CC4. The van der Waals surface area contributed by atoms with E-state index in [0.29, 0.717) is 47.3 Å². The monoisotopic (exact) mass is 580 g/mol. The molecule has 222 valence electrons. The fourth-order valence-corrected chi connectivity index (χ4v) is 6.68. The van der Waals surface area contributed by atoms with Gasteiger partial charge in [0.2, 0.25) is 5.75 Å². The summed E-state index contributed by atoms with van der Waals surface area (Å²) in [5.41, 5.74) is 6.47. The molecule has 0 amide bonds. The van der Waals surface area contributed by atoms with Crippen molar-refractivity contribution in [3.05, 3.63) is 94.0 Å². The van der Waals surface area contributed by atoms with Crippen molar-refractivity contribution < 1.29 is 29.2 Å². The van der Waals surface area contributed by atoms with Gasteiger partial charge in [-0.05, 0) is 110 Å². The molecular weight excluding hydrogens is 544 g/mol. The molecule has 8 heteroatoms. The number of ether oxygens (including phenoxy) is 4. The predicted octanol–water partition coefficient (Wildman–Crippen LogP) is 6.21. The average molecular weight is 581 g/mol. The maximum atomic E-state index is 11.5. The summed E-state index contributed by atoms with van der Waals surface area (Å²) < 4.78 is 24.4. The van der Waals surface area contributed by atoms with E-state index in [1.807, 2.05) is 48.5 Å². The minimum Gasteiger partial charge on any atom is -0.504 e. The molecule has 4 aliphatic rings. The third-order valence-electron chi connectivity index (χ3n) is 9.01. The van der Waals surface area contributed by atoms with Crippen LogP contribution in [0.4, 0.5) is 0 Å². The van der Waals surface area contributed by atoms with Crippen LogP contribution in [0, 0.1) is 0 Å². The van der Waals surface area contributed by atoms with Crippen LogP contribution in [0.5, 0.6) is 46.0 Å². The van der Waals surface area contributed by atoms with Crippen molar-refractivity contribution in [2.24, 2.45) is 0 Å². The van der Waals surface area contributed by atoms with E-state index >= 15 is 0 Å². The zero-order valence-corrected chi connectivity index (χ0v) is 24.6. The van der Waals surface area contributed by atoms with Gasteiger partial charge in [-0.3, -0.25) is 4.90 Å². The first-order valence-electron chi connectivity index (χ1n) is 14.8. The van der Waals surface area contributed by atoms with Gasteiger partial charge >= 0.3 is 0 Å². The van der Waals surface area contributed by atoms with E-state index in [1.165, 1.54) is 5.56 Å².